The van der Waals surface area contributed by atoms with Gasteiger partial charge in [0.15, 0.2) is 11.5 Å². The van der Waals surface area contributed by atoms with Gasteiger partial charge >= 0.3 is 5.97 Å². The Hall–Kier alpha value is -2.96. The van der Waals surface area contributed by atoms with Gasteiger partial charge in [-0.15, -0.1) is 0 Å². The van der Waals surface area contributed by atoms with Crippen molar-refractivity contribution in [1.29, 1.82) is 0 Å². The van der Waals surface area contributed by atoms with E-state index in [1.165, 1.54) is 0 Å². The molecule has 0 radical (unpaired) electrons. The third kappa shape index (κ3) is 4.23. The molecule has 2 N–H and O–H groups in total. The number of H-pyrrole nitrogens is 1. The van der Waals surface area contributed by atoms with E-state index in [1.54, 1.807) is 20.8 Å². The van der Waals surface area contributed by atoms with Crippen LogP contribution in [0.1, 0.15) is 58.4 Å². The molecule has 0 spiro atoms. The molecule has 2 heterocycles. The minimum atomic E-state index is -0.422. The summed E-state index contributed by atoms with van der Waals surface area (Å²) in [5.74, 6) is 0.785. The molecule has 156 valence electrons. The third-order valence-electron chi connectivity index (χ3n) is 5.16. The highest BCUT2D eigenvalue weighted by atomic mass is 16.6. The maximum Gasteiger partial charge on any atom is 0.340 e. The van der Waals surface area contributed by atoms with E-state index in [1.807, 2.05) is 18.2 Å². The van der Waals surface area contributed by atoms with Crippen LogP contribution in [0.2, 0.25) is 0 Å². The normalized spacial score (nSPS) is 13.1. The number of fused-ring (bicyclic) bond motifs is 1. The van der Waals surface area contributed by atoms with E-state index in [0.717, 1.165) is 17.1 Å². The molecule has 0 unspecified atom stereocenters. The summed E-state index contributed by atoms with van der Waals surface area (Å²) in [5.41, 5.74) is 2.72. The molecule has 0 fully saturated rings. The largest absolute Gasteiger partial charge is 0.486 e. The number of benzene rings is 1. The highest BCUT2D eigenvalue weighted by Crippen LogP contribution is 2.35. The van der Waals surface area contributed by atoms with Gasteiger partial charge < -0.3 is 24.5 Å². The van der Waals surface area contributed by atoms with Crippen LogP contribution in [0.3, 0.4) is 0 Å². The summed E-state index contributed by atoms with van der Waals surface area (Å²) in [7, 11) is 0. The van der Waals surface area contributed by atoms with Crippen molar-refractivity contribution >= 4 is 11.9 Å². The Morgan fingerprint density at radius 3 is 2.55 bits per heavy atom. The SMILES string of the molecule is CCOC(=O)c1c(C)[nH]c(C(=O)NCC(C)(C)c2ccc3c(c2)OCCO3)c1C. The van der Waals surface area contributed by atoms with Crippen LogP contribution in [-0.4, -0.2) is 43.2 Å². The maximum absolute atomic E-state index is 12.8. The molecule has 0 aliphatic carbocycles. The van der Waals surface area contributed by atoms with Gasteiger partial charge in [-0.1, -0.05) is 19.9 Å². The zero-order chi connectivity index (χ0) is 21.2. The van der Waals surface area contributed by atoms with Gasteiger partial charge in [-0.2, -0.15) is 0 Å². The summed E-state index contributed by atoms with van der Waals surface area (Å²) in [6.45, 7) is 11.1. The summed E-state index contributed by atoms with van der Waals surface area (Å²) in [6, 6.07) is 5.85. The first kappa shape index (κ1) is 20.8. The fraction of sp³-hybridized carbons (Fsp3) is 0.455. The second-order valence-electron chi connectivity index (χ2n) is 7.77. The lowest BCUT2D eigenvalue weighted by atomic mass is 9.84. The molecule has 7 nitrogen and oxygen atoms in total. The molecule has 0 atom stereocenters. The molecule has 3 rings (SSSR count). The summed E-state index contributed by atoms with van der Waals surface area (Å²) in [6.07, 6.45) is 0. The predicted molar refractivity (Wildman–Crippen MR) is 109 cm³/mol. The Kier molecular flexibility index (Phi) is 5.86. The number of aromatic amines is 1. The number of esters is 1. The number of ether oxygens (including phenoxy) is 3. The molecule has 2 aromatic rings. The minimum Gasteiger partial charge on any atom is -0.486 e. The Bertz CT molecular complexity index is 930. The van der Waals surface area contributed by atoms with Crippen molar-refractivity contribution in [2.75, 3.05) is 26.4 Å². The number of hydrogen-bond acceptors (Lipinski definition) is 5. The predicted octanol–water partition coefficient (Wildman–Crippen LogP) is 3.29. The van der Waals surface area contributed by atoms with Crippen LogP contribution in [0.5, 0.6) is 11.5 Å². The second-order valence-corrected chi connectivity index (χ2v) is 7.77. The Balaban J connectivity index is 1.73. The van der Waals surface area contributed by atoms with Crippen molar-refractivity contribution in [3.63, 3.8) is 0 Å². The van der Waals surface area contributed by atoms with Crippen LogP contribution >= 0.6 is 0 Å². The lowest BCUT2D eigenvalue weighted by Crippen LogP contribution is -2.37. The van der Waals surface area contributed by atoms with Crippen molar-refractivity contribution in [2.45, 2.75) is 40.0 Å². The Morgan fingerprint density at radius 1 is 1.17 bits per heavy atom. The molecule has 0 saturated heterocycles. The topological polar surface area (TPSA) is 89.7 Å². The average molecular weight is 400 g/mol. The van der Waals surface area contributed by atoms with Crippen LogP contribution in [0.4, 0.5) is 0 Å². The molecule has 1 aromatic carbocycles. The smallest absolute Gasteiger partial charge is 0.340 e. The van der Waals surface area contributed by atoms with Crippen LogP contribution in [0.25, 0.3) is 0 Å². The van der Waals surface area contributed by atoms with Crippen molar-refractivity contribution in [2.24, 2.45) is 0 Å². The fourth-order valence-electron chi connectivity index (χ4n) is 3.44. The van der Waals surface area contributed by atoms with Gasteiger partial charge in [-0.3, -0.25) is 4.79 Å². The molecular weight excluding hydrogens is 372 g/mol. The molecule has 0 saturated carbocycles. The van der Waals surface area contributed by atoms with Crippen molar-refractivity contribution in [3.05, 3.63) is 46.3 Å². The first-order valence-corrected chi connectivity index (χ1v) is 9.79. The van der Waals surface area contributed by atoms with Crippen molar-refractivity contribution < 1.29 is 23.8 Å². The van der Waals surface area contributed by atoms with Gasteiger partial charge in [0, 0.05) is 17.7 Å². The van der Waals surface area contributed by atoms with E-state index in [0.29, 0.717) is 42.3 Å². The van der Waals surface area contributed by atoms with E-state index in [-0.39, 0.29) is 17.9 Å². The maximum atomic E-state index is 12.8. The summed E-state index contributed by atoms with van der Waals surface area (Å²) in [4.78, 5) is 27.9. The van der Waals surface area contributed by atoms with E-state index in [2.05, 4.69) is 24.1 Å². The molecule has 1 aliphatic heterocycles. The van der Waals surface area contributed by atoms with E-state index >= 15 is 0 Å². The molecule has 29 heavy (non-hydrogen) atoms. The Morgan fingerprint density at radius 2 is 1.86 bits per heavy atom. The quantitative estimate of drug-likeness (QED) is 0.727. The number of hydrogen-bond donors (Lipinski definition) is 2. The lowest BCUT2D eigenvalue weighted by Gasteiger charge is -2.27. The lowest BCUT2D eigenvalue weighted by molar-refractivity contribution is 0.0525. The average Bonchev–Trinajstić information content (AvgIpc) is 3.00. The van der Waals surface area contributed by atoms with E-state index in [9.17, 15) is 9.59 Å². The number of amides is 1. The Labute approximate surface area is 170 Å². The van der Waals surface area contributed by atoms with Crippen LogP contribution in [0, 0.1) is 13.8 Å². The fourth-order valence-corrected chi connectivity index (χ4v) is 3.44. The number of aryl methyl sites for hydroxylation is 1. The number of carbonyl (C=O) groups excluding carboxylic acids is 2. The zero-order valence-electron chi connectivity index (χ0n) is 17.6. The number of rotatable bonds is 6. The first-order chi connectivity index (χ1) is 13.7. The summed E-state index contributed by atoms with van der Waals surface area (Å²) < 4.78 is 16.3. The van der Waals surface area contributed by atoms with Gasteiger partial charge in [-0.25, -0.2) is 4.79 Å². The third-order valence-corrected chi connectivity index (χ3v) is 5.16. The van der Waals surface area contributed by atoms with Gasteiger partial charge in [0.25, 0.3) is 5.91 Å². The number of nitrogens with one attached hydrogen (secondary N) is 2. The second kappa shape index (κ2) is 8.19. The van der Waals surface area contributed by atoms with Gasteiger partial charge in [0.2, 0.25) is 0 Å². The van der Waals surface area contributed by atoms with E-state index < -0.39 is 5.97 Å². The van der Waals surface area contributed by atoms with Crippen molar-refractivity contribution in [3.8, 4) is 11.5 Å². The summed E-state index contributed by atoms with van der Waals surface area (Å²) >= 11 is 0. The zero-order valence-corrected chi connectivity index (χ0v) is 17.6. The molecular formula is C22H28N2O5. The molecule has 0 bridgehead atoms. The summed E-state index contributed by atoms with van der Waals surface area (Å²) in [5, 5.41) is 2.98. The van der Waals surface area contributed by atoms with E-state index in [4.69, 9.17) is 14.2 Å². The first-order valence-electron chi connectivity index (χ1n) is 9.79. The van der Waals surface area contributed by atoms with Crippen LogP contribution in [0.15, 0.2) is 18.2 Å². The molecule has 7 heteroatoms. The standard InChI is InChI=1S/C22H28N2O5/c1-6-27-21(26)18-13(2)19(24-14(18)3)20(25)23-12-22(4,5)15-7-8-16-17(11-15)29-10-9-28-16/h7-8,11,24H,6,9-10,12H2,1-5H3,(H,23,25). The molecule has 1 aromatic heterocycles. The number of aromatic nitrogens is 1. The molecule has 1 aliphatic rings. The minimum absolute atomic E-state index is 0.258. The number of carbonyl (C=O) groups is 2. The van der Waals surface area contributed by atoms with Crippen LogP contribution < -0.4 is 14.8 Å². The molecule has 1 amide bonds. The van der Waals surface area contributed by atoms with Gasteiger partial charge in [-0.05, 0) is 44.0 Å². The van der Waals surface area contributed by atoms with Gasteiger partial charge in [0.1, 0.15) is 18.9 Å². The highest BCUT2D eigenvalue weighted by Gasteiger charge is 2.27. The van der Waals surface area contributed by atoms with Gasteiger partial charge in [0.05, 0.1) is 12.2 Å². The van der Waals surface area contributed by atoms with Crippen molar-refractivity contribution in [1.82, 2.24) is 10.3 Å². The highest BCUT2D eigenvalue weighted by molar-refractivity contribution is 6.00. The van der Waals surface area contributed by atoms with Crippen LogP contribution in [-0.2, 0) is 10.2 Å². The monoisotopic (exact) mass is 400 g/mol.